The van der Waals surface area contributed by atoms with Gasteiger partial charge in [0.25, 0.3) is 0 Å². The maximum atomic E-state index is 11.4. The van der Waals surface area contributed by atoms with Crippen LogP contribution in [0.5, 0.6) is 0 Å². The van der Waals surface area contributed by atoms with E-state index in [9.17, 15) is 4.79 Å². The number of ether oxygens (including phenoxy) is 1. The first-order chi connectivity index (χ1) is 7.31. The lowest BCUT2D eigenvalue weighted by molar-refractivity contribution is -0.133. The standard InChI is InChI=1S/C13H22O2/c1-2-10-5-3-4-6-12(10)13-9-11(14)7-8-15-13/h10,12-13H,2-9H2,1H3. The molecule has 0 aromatic heterocycles. The molecule has 15 heavy (non-hydrogen) atoms. The van der Waals surface area contributed by atoms with Crippen LogP contribution in [0.25, 0.3) is 0 Å². The Morgan fingerprint density at radius 1 is 1.33 bits per heavy atom. The second-order valence-corrected chi connectivity index (χ2v) is 5.02. The van der Waals surface area contributed by atoms with Gasteiger partial charge in [-0.3, -0.25) is 4.79 Å². The average molecular weight is 210 g/mol. The molecule has 1 aliphatic carbocycles. The van der Waals surface area contributed by atoms with Crippen LogP contribution < -0.4 is 0 Å². The van der Waals surface area contributed by atoms with Gasteiger partial charge in [0.05, 0.1) is 12.7 Å². The number of carbonyl (C=O) groups is 1. The van der Waals surface area contributed by atoms with E-state index in [1.807, 2.05) is 0 Å². The minimum atomic E-state index is 0.247. The summed E-state index contributed by atoms with van der Waals surface area (Å²) >= 11 is 0. The van der Waals surface area contributed by atoms with Crippen LogP contribution in [0.1, 0.15) is 51.9 Å². The van der Waals surface area contributed by atoms with Crippen LogP contribution in [-0.4, -0.2) is 18.5 Å². The highest BCUT2D eigenvalue weighted by Gasteiger charge is 2.34. The molecule has 1 saturated carbocycles. The zero-order valence-electron chi connectivity index (χ0n) is 9.71. The van der Waals surface area contributed by atoms with Crippen molar-refractivity contribution in [2.24, 2.45) is 11.8 Å². The van der Waals surface area contributed by atoms with Gasteiger partial charge < -0.3 is 4.74 Å². The van der Waals surface area contributed by atoms with Gasteiger partial charge in [0.1, 0.15) is 5.78 Å². The summed E-state index contributed by atoms with van der Waals surface area (Å²) < 4.78 is 5.80. The summed E-state index contributed by atoms with van der Waals surface area (Å²) in [5.74, 6) is 1.87. The van der Waals surface area contributed by atoms with Gasteiger partial charge in [0.15, 0.2) is 0 Å². The zero-order valence-corrected chi connectivity index (χ0v) is 9.71. The van der Waals surface area contributed by atoms with Gasteiger partial charge in [-0.1, -0.05) is 32.6 Å². The maximum absolute atomic E-state index is 11.4. The van der Waals surface area contributed by atoms with Crippen LogP contribution in [0.3, 0.4) is 0 Å². The van der Waals surface area contributed by atoms with Crippen LogP contribution >= 0.6 is 0 Å². The van der Waals surface area contributed by atoms with Crippen LogP contribution in [0, 0.1) is 11.8 Å². The molecule has 0 bridgehead atoms. The number of rotatable bonds is 2. The molecule has 1 saturated heterocycles. The van der Waals surface area contributed by atoms with E-state index in [-0.39, 0.29) is 6.10 Å². The maximum Gasteiger partial charge on any atom is 0.137 e. The zero-order chi connectivity index (χ0) is 10.7. The molecule has 86 valence electrons. The Morgan fingerprint density at radius 2 is 2.13 bits per heavy atom. The Morgan fingerprint density at radius 3 is 2.87 bits per heavy atom. The Bertz CT molecular complexity index is 225. The number of carbonyl (C=O) groups excluding carboxylic acids is 1. The normalized spacial score (nSPS) is 37.9. The topological polar surface area (TPSA) is 26.3 Å². The summed E-state index contributed by atoms with van der Waals surface area (Å²) in [6.45, 7) is 2.93. The molecule has 2 rings (SSSR count). The summed E-state index contributed by atoms with van der Waals surface area (Å²) in [5, 5.41) is 0. The monoisotopic (exact) mass is 210 g/mol. The predicted molar refractivity (Wildman–Crippen MR) is 59.7 cm³/mol. The van der Waals surface area contributed by atoms with Gasteiger partial charge in [-0.2, -0.15) is 0 Å². The molecule has 1 aliphatic heterocycles. The van der Waals surface area contributed by atoms with Crippen molar-refractivity contribution in [1.82, 2.24) is 0 Å². The van der Waals surface area contributed by atoms with E-state index in [4.69, 9.17) is 4.74 Å². The fraction of sp³-hybridized carbons (Fsp3) is 0.923. The molecule has 0 radical (unpaired) electrons. The second-order valence-electron chi connectivity index (χ2n) is 5.02. The molecule has 2 aliphatic rings. The van der Waals surface area contributed by atoms with E-state index in [1.165, 1.54) is 32.1 Å². The average Bonchev–Trinajstić information content (AvgIpc) is 2.29. The van der Waals surface area contributed by atoms with E-state index in [2.05, 4.69) is 6.92 Å². The first-order valence-corrected chi connectivity index (χ1v) is 6.44. The highest BCUT2D eigenvalue weighted by molar-refractivity contribution is 5.79. The van der Waals surface area contributed by atoms with Crippen LogP contribution in [0.2, 0.25) is 0 Å². The Labute approximate surface area is 92.4 Å². The van der Waals surface area contributed by atoms with Crippen molar-refractivity contribution in [3.8, 4) is 0 Å². The summed E-state index contributed by atoms with van der Waals surface area (Å²) in [5.41, 5.74) is 0. The minimum Gasteiger partial charge on any atom is -0.377 e. The Balaban J connectivity index is 1.97. The number of hydrogen-bond donors (Lipinski definition) is 0. The highest BCUT2D eigenvalue weighted by Crippen LogP contribution is 2.37. The van der Waals surface area contributed by atoms with E-state index in [0.717, 1.165) is 5.92 Å². The van der Waals surface area contributed by atoms with Crippen molar-refractivity contribution in [3.05, 3.63) is 0 Å². The molecule has 2 heteroatoms. The number of Topliss-reactive ketones (excluding diaryl/α,β-unsaturated/α-hetero) is 1. The first kappa shape index (κ1) is 11.1. The molecule has 0 N–H and O–H groups in total. The van der Waals surface area contributed by atoms with Crippen molar-refractivity contribution in [2.45, 2.75) is 58.0 Å². The third-order valence-corrected chi connectivity index (χ3v) is 4.11. The molecule has 0 amide bonds. The first-order valence-electron chi connectivity index (χ1n) is 6.44. The Hall–Kier alpha value is -0.370. The Kier molecular flexibility index (Phi) is 3.79. The summed E-state index contributed by atoms with van der Waals surface area (Å²) in [7, 11) is 0. The summed E-state index contributed by atoms with van der Waals surface area (Å²) in [6, 6.07) is 0. The third kappa shape index (κ3) is 2.60. The van der Waals surface area contributed by atoms with Crippen LogP contribution in [0.4, 0.5) is 0 Å². The van der Waals surface area contributed by atoms with E-state index < -0.39 is 0 Å². The predicted octanol–water partition coefficient (Wildman–Crippen LogP) is 2.95. The van der Waals surface area contributed by atoms with Gasteiger partial charge in [0.2, 0.25) is 0 Å². The van der Waals surface area contributed by atoms with Crippen molar-refractivity contribution < 1.29 is 9.53 Å². The molecular formula is C13H22O2. The molecule has 0 spiro atoms. The summed E-state index contributed by atoms with van der Waals surface area (Å²) in [4.78, 5) is 11.4. The van der Waals surface area contributed by atoms with Gasteiger partial charge >= 0.3 is 0 Å². The molecule has 3 atom stereocenters. The molecule has 0 aromatic carbocycles. The lowest BCUT2D eigenvalue weighted by Crippen LogP contribution is -2.37. The SMILES string of the molecule is CCC1CCCCC1C1CC(=O)CCO1. The van der Waals surface area contributed by atoms with E-state index in [0.29, 0.717) is 31.1 Å². The van der Waals surface area contributed by atoms with Crippen molar-refractivity contribution >= 4 is 5.78 Å². The van der Waals surface area contributed by atoms with Gasteiger partial charge in [-0.05, 0) is 18.3 Å². The molecule has 2 fully saturated rings. The molecular weight excluding hydrogens is 188 g/mol. The van der Waals surface area contributed by atoms with Gasteiger partial charge in [0, 0.05) is 12.8 Å². The number of ketones is 1. The van der Waals surface area contributed by atoms with E-state index >= 15 is 0 Å². The molecule has 3 unspecified atom stereocenters. The second kappa shape index (κ2) is 5.11. The lowest BCUT2D eigenvalue weighted by Gasteiger charge is -2.38. The fourth-order valence-corrected chi connectivity index (χ4v) is 3.22. The van der Waals surface area contributed by atoms with Gasteiger partial charge in [-0.25, -0.2) is 0 Å². The van der Waals surface area contributed by atoms with Crippen LogP contribution in [0.15, 0.2) is 0 Å². The number of hydrogen-bond acceptors (Lipinski definition) is 2. The van der Waals surface area contributed by atoms with E-state index in [1.54, 1.807) is 0 Å². The minimum absolute atomic E-state index is 0.247. The van der Waals surface area contributed by atoms with Crippen molar-refractivity contribution in [2.75, 3.05) is 6.61 Å². The third-order valence-electron chi connectivity index (χ3n) is 4.11. The largest absolute Gasteiger partial charge is 0.377 e. The quantitative estimate of drug-likeness (QED) is 0.700. The smallest absolute Gasteiger partial charge is 0.137 e. The highest BCUT2D eigenvalue weighted by atomic mass is 16.5. The van der Waals surface area contributed by atoms with Crippen LogP contribution in [-0.2, 0) is 9.53 Å². The fourth-order valence-electron chi connectivity index (χ4n) is 3.22. The molecule has 2 nitrogen and oxygen atoms in total. The lowest BCUT2D eigenvalue weighted by atomic mass is 9.73. The molecule has 1 heterocycles. The summed E-state index contributed by atoms with van der Waals surface area (Å²) in [6.07, 6.45) is 8.13. The van der Waals surface area contributed by atoms with Crippen molar-refractivity contribution in [1.29, 1.82) is 0 Å². The molecule has 0 aromatic rings. The van der Waals surface area contributed by atoms with Gasteiger partial charge in [-0.15, -0.1) is 0 Å². The van der Waals surface area contributed by atoms with Crippen molar-refractivity contribution in [3.63, 3.8) is 0 Å².